The number of imide groups is 1. The van der Waals surface area contributed by atoms with E-state index in [2.05, 4.69) is 31.2 Å². The lowest BCUT2D eigenvalue weighted by atomic mass is 9.63. The van der Waals surface area contributed by atoms with Crippen molar-refractivity contribution in [2.24, 2.45) is 10.8 Å². The lowest BCUT2D eigenvalue weighted by molar-refractivity contribution is -0.141. The minimum Gasteiger partial charge on any atom is -0.495 e. The molecule has 0 bridgehead atoms. The Kier molecular flexibility index (Phi) is 12.6. The average Bonchev–Trinajstić information content (AvgIpc) is 3.99. The van der Waals surface area contributed by atoms with E-state index < -0.39 is 59.0 Å². The summed E-state index contributed by atoms with van der Waals surface area (Å²) in [6.45, 7) is 9.22. The smallest absolute Gasteiger partial charge is 0.433 e. The van der Waals surface area contributed by atoms with Crippen LogP contribution in [0, 0.1) is 16.6 Å². The number of benzene rings is 3. The number of carbonyl (C=O) groups excluding carboxylic acids is 5. The zero-order chi connectivity index (χ0) is 51.1. The molecule has 4 N–H and O–H groups in total. The zero-order valence-corrected chi connectivity index (χ0v) is 41.2. The predicted octanol–water partition coefficient (Wildman–Crippen LogP) is 8.05. The fourth-order valence-electron chi connectivity index (χ4n) is 12.3. The largest absolute Gasteiger partial charge is 0.495 e. The molecule has 1 aromatic heterocycles. The number of fused-ring (bicyclic) bond motifs is 3. The predicted molar refractivity (Wildman–Crippen MR) is 261 cm³/mol. The van der Waals surface area contributed by atoms with E-state index in [1.54, 1.807) is 35.2 Å². The lowest BCUT2D eigenvalue weighted by Gasteiger charge is -2.47. The highest BCUT2D eigenvalue weighted by atomic mass is 35.5. The standard InChI is InChI=1S/C53H57ClF4N8O6/c1-50(2,3)25-41-52(28-60-37-24-40(53(56,57)58)59-26-34(37)52)43(33-6-5-7-35(54)44(33)55)45(62-41)47(69)61-36-11-8-29(23-39(36)72-4)48(70)65-20-16-51(17-21-65)14-18-64(19-15-51)31-9-10-32-30(22-31)27-66(49(32)71)38-12-13-42(67)63-46(38)68/h5-11,22-24,26,38,41,43,45,60,62H,12-21,25,27-28H2,1-4H3,(H,61,69)(H,63,67,68)/t38?,41-,43-,45+,52-/m0/s1. The van der Waals surface area contributed by atoms with Crippen LogP contribution in [0.3, 0.4) is 0 Å². The van der Waals surface area contributed by atoms with E-state index in [1.807, 2.05) is 43.9 Å². The Morgan fingerprint density at radius 3 is 2.39 bits per heavy atom. The second-order valence-electron chi connectivity index (χ2n) is 21.5. The number of nitrogens with one attached hydrogen (secondary N) is 4. The summed E-state index contributed by atoms with van der Waals surface area (Å²) in [5.74, 6) is -3.15. The van der Waals surface area contributed by atoms with Crippen LogP contribution in [0.2, 0.25) is 5.02 Å². The highest BCUT2D eigenvalue weighted by Gasteiger charge is 2.62. The zero-order valence-electron chi connectivity index (χ0n) is 40.5. The molecule has 4 saturated heterocycles. The Hall–Kier alpha value is -6.27. The van der Waals surface area contributed by atoms with Crippen molar-refractivity contribution in [1.82, 2.24) is 25.4 Å². The van der Waals surface area contributed by atoms with Crippen LogP contribution in [-0.2, 0) is 32.5 Å². The average molecular weight is 1010 g/mol. The molecule has 5 amide bonds. The topological polar surface area (TPSA) is 165 Å². The Balaban J connectivity index is 0.818. The molecule has 5 atom stereocenters. The van der Waals surface area contributed by atoms with Gasteiger partial charge in [-0.2, -0.15) is 13.2 Å². The molecule has 0 saturated carbocycles. The van der Waals surface area contributed by atoms with Gasteiger partial charge in [0.15, 0.2) is 0 Å². The van der Waals surface area contributed by atoms with Crippen molar-refractivity contribution < 1.29 is 46.3 Å². The van der Waals surface area contributed by atoms with Crippen molar-refractivity contribution in [3.63, 3.8) is 0 Å². The van der Waals surface area contributed by atoms with Gasteiger partial charge in [-0.15, -0.1) is 0 Å². The maximum absolute atomic E-state index is 16.4. The van der Waals surface area contributed by atoms with E-state index in [0.29, 0.717) is 49.2 Å². The Labute approximate surface area is 419 Å². The highest BCUT2D eigenvalue weighted by Crippen LogP contribution is 2.57. The Morgan fingerprint density at radius 2 is 1.69 bits per heavy atom. The lowest BCUT2D eigenvalue weighted by Crippen LogP contribution is -2.52. The molecule has 7 heterocycles. The van der Waals surface area contributed by atoms with Crippen molar-refractivity contribution in [2.45, 2.75) is 108 Å². The molecule has 1 unspecified atom stereocenters. The molecule has 72 heavy (non-hydrogen) atoms. The number of methoxy groups -OCH3 is 1. The molecule has 0 aliphatic carbocycles. The summed E-state index contributed by atoms with van der Waals surface area (Å²) in [7, 11) is 1.43. The van der Waals surface area contributed by atoms with Crippen LogP contribution < -0.4 is 30.9 Å². The summed E-state index contributed by atoms with van der Waals surface area (Å²) in [5.41, 5.74) is 1.39. The van der Waals surface area contributed by atoms with Gasteiger partial charge in [-0.05, 0) is 109 Å². The molecule has 6 aliphatic heterocycles. The molecule has 4 aromatic rings. The summed E-state index contributed by atoms with van der Waals surface area (Å²) >= 11 is 6.38. The molecule has 2 spiro atoms. The minimum atomic E-state index is -4.70. The van der Waals surface area contributed by atoms with Gasteiger partial charge in [-0.25, -0.2) is 4.39 Å². The number of halogens is 5. The van der Waals surface area contributed by atoms with Gasteiger partial charge in [0.1, 0.15) is 23.3 Å². The first-order valence-electron chi connectivity index (χ1n) is 24.5. The first-order valence-corrected chi connectivity index (χ1v) is 24.9. The third-order valence-corrected chi connectivity index (χ3v) is 16.4. The number of hydrogen-bond acceptors (Lipinski definition) is 10. The second-order valence-corrected chi connectivity index (χ2v) is 21.9. The Morgan fingerprint density at radius 1 is 0.958 bits per heavy atom. The molecule has 19 heteroatoms. The number of ether oxygens (including phenoxy) is 1. The quantitative estimate of drug-likeness (QED) is 0.100. The van der Waals surface area contributed by atoms with E-state index in [0.717, 1.165) is 56.1 Å². The molecule has 0 radical (unpaired) electrons. The molecule has 6 aliphatic rings. The molecule has 380 valence electrons. The number of piperidine rings is 3. The van der Waals surface area contributed by atoms with Crippen molar-refractivity contribution in [3.8, 4) is 5.75 Å². The van der Waals surface area contributed by atoms with Gasteiger partial charge in [-0.3, -0.25) is 34.3 Å². The normalized spacial score (nSPS) is 24.8. The number of rotatable bonds is 8. The fraction of sp³-hybridized carbons (Fsp3) is 0.472. The van der Waals surface area contributed by atoms with Crippen LogP contribution >= 0.6 is 11.6 Å². The monoisotopic (exact) mass is 1010 g/mol. The van der Waals surface area contributed by atoms with Gasteiger partial charge in [0.25, 0.3) is 11.8 Å². The number of anilines is 3. The van der Waals surface area contributed by atoms with Gasteiger partial charge in [0.05, 0.1) is 23.9 Å². The van der Waals surface area contributed by atoms with Crippen LogP contribution in [0.25, 0.3) is 0 Å². The van der Waals surface area contributed by atoms with Gasteiger partial charge in [-0.1, -0.05) is 44.5 Å². The third-order valence-electron chi connectivity index (χ3n) is 16.1. The van der Waals surface area contributed by atoms with E-state index in [4.69, 9.17) is 16.3 Å². The maximum atomic E-state index is 16.4. The van der Waals surface area contributed by atoms with E-state index in [9.17, 15) is 37.1 Å². The van der Waals surface area contributed by atoms with Gasteiger partial charge >= 0.3 is 6.18 Å². The van der Waals surface area contributed by atoms with Crippen molar-refractivity contribution in [1.29, 1.82) is 0 Å². The number of hydrogen-bond donors (Lipinski definition) is 4. The number of nitrogens with zero attached hydrogens (tertiary/aromatic N) is 4. The van der Waals surface area contributed by atoms with Crippen LogP contribution in [-0.4, -0.2) is 102 Å². The van der Waals surface area contributed by atoms with Crippen molar-refractivity contribution in [3.05, 3.63) is 111 Å². The molecular weight excluding hydrogens is 956 g/mol. The van der Waals surface area contributed by atoms with Gasteiger partial charge < -0.3 is 35.4 Å². The van der Waals surface area contributed by atoms with Crippen molar-refractivity contribution >= 4 is 58.2 Å². The van der Waals surface area contributed by atoms with Crippen LogP contribution in [0.1, 0.15) is 115 Å². The first kappa shape index (κ1) is 49.3. The summed E-state index contributed by atoms with van der Waals surface area (Å²) in [5, 5.41) is 11.8. The molecule has 14 nitrogen and oxygen atoms in total. The number of amides is 5. The van der Waals surface area contributed by atoms with E-state index in [1.165, 1.54) is 19.4 Å². The minimum absolute atomic E-state index is 0.0676. The molecular formula is C53H57ClF4N8O6. The number of pyridine rings is 1. The number of carbonyl (C=O) groups is 5. The van der Waals surface area contributed by atoms with E-state index >= 15 is 4.39 Å². The highest BCUT2D eigenvalue weighted by molar-refractivity contribution is 6.30. The van der Waals surface area contributed by atoms with Crippen LogP contribution in [0.15, 0.2) is 66.9 Å². The summed E-state index contributed by atoms with van der Waals surface area (Å²) in [6, 6.07) is 13.9. The number of alkyl halides is 3. The Bertz CT molecular complexity index is 2880. The number of aromatic nitrogens is 1. The van der Waals surface area contributed by atoms with Gasteiger partial charge in [0.2, 0.25) is 17.7 Å². The third kappa shape index (κ3) is 8.81. The second kappa shape index (κ2) is 18.3. The summed E-state index contributed by atoms with van der Waals surface area (Å²) in [4.78, 5) is 76.0. The van der Waals surface area contributed by atoms with Gasteiger partial charge in [0, 0.05) is 97.3 Å². The van der Waals surface area contributed by atoms with Crippen LogP contribution in [0.4, 0.5) is 34.6 Å². The van der Waals surface area contributed by atoms with E-state index in [-0.39, 0.29) is 69.2 Å². The molecule has 10 rings (SSSR count). The first-order chi connectivity index (χ1) is 34.2. The fourth-order valence-corrected chi connectivity index (χ4v) is 12.5. The molecule has 3 aromatic carbocycles. The van der Waals surface area contributed by atoms with Crippen LogP contribution in [0.5, 0.6) is 5.75 Å². The van der Waals surface area contributed by atoms with Crippen molar-refractivity contribution in [2.75, 3.05) is 55.4 Å². The summed E-state index contributed by atoms with van der Waals surface area (Å²) in [6.07, 6.45) is 1.00. The number of likely N-dealkylation sites (tertiary alicyclic amines) is 1. The maximum Gasteiger partial charge on any atom is 0.433 e. The SMILES string of the molecule is COc1cc(C(=O)N2CCC3(CC2)CCN(c2ccc4c(c2)CN(C2CCC(=O)NC2=O)C4=O)CC3)ccc1NC(=O)[C@@H]1N[C@@H](CC(C)(C)C)[C@@]2(CNc3cc(C(F)(F)F)ncc32)[C@H]1c1cccc(Cl)c1F. The summed E-state index contributed by atoms with van der Waals surface area (Å²) < 4.78 is 63.8. The molecule has 4 fully saturated rings.